The van der Waals surface area contributed by atoms with Crippen molar-refractivity contribution < 1.29 is 36.6 Å². The Bertz CT molecular complexity index is 1580. The Balaban J connectivity index is 1.50. The first-order chi connectivity index (χ1) is 19.7. The number of ether oxygens (including phenoxy) is 3. The number of rotatable bonds is 3. The lowest BCUT2D eigenvalue weighted by atomic mass is 10.0. The van der Waals surface area contributed by atoms with E-state index in [0.717, 1.165) is 15.9 Å². The van der Waals surface area contributed by atoms with Gasteiger partial charge in [-0.15, -0.1) is 0 Å². The molecule has 0 unspecified atom stereocenters. The number of aryl methyl sites for hydroxylation is 1. The molecule has 216 valence electrons. The molecular weight excluding hydrogens is 553 g/mol. The van der Waals surface area contributed by atoms with Gasteiger partial charge >= 0.3 is 0 Å². The van der Waals surface area contributed by atoms with Gasteiger partial charge < -0.3 is 24.8 Å². The summed E-state index contributed by atoms with van der Waals surface area (Å²) < 4.78 is 59.9. The van der Waals surface area contributed by atoms with Gasteiger partial charge in [0.25, 0.3) is 11.8 Å². The largest absolute Gasteiger partial charge is 0.496 e. The van der Waals surface area contributed by atoms with Crippen LogP contribution in [0, 0.1) is 12.7 Å². The molecule has 41 heavy (non-hydrogen) atoms. The maximum absolute atomic E-state index is 14.5. The average molecular weight is 584 g/mol. The van der Waals surface area contributed by atoms with Crippen LogP contribution in [0.25, 0.3) is 0 Å². The third kappa shape index (κ3) is 6.13. The maximum Gasteiger partial charge on any atom is 0.258 e. The second-order valence-corrected chi connectivity index (χ2v) is 11.7. The van der Waals surface area contributed by atoms with Crippen LogP contribution in [-0.2, 0) is 21.4 Å². The number of piperidine rings is 1. The van der Waals surface area contributed by atoms with E-state index in [4.69, 9.17) is 14.2 Å². The van der Waals surface area contributed by atoms with Gasteiger partial charge in [-0.2, -0.15) is 4.31 Å². The molecule has 3 aromatic rings. The summed E-state index contributed by atoms with van der Waals surface area (Å²) in [5, 5.41) is 5.70. The SMILES string of the molecule is COc1cc2ccc1CNC(=O)COc1cc(ccc1C)C(=O)N[C@H]1CN(S(=O)(=O)c3ccccc3F)CC[C@H]1O2. The molecule has 6 rings (SSSR count). The number of amides is 2. The summed E-state index contributed by atoms with van der Waals surface area (Å²) in [5.41, 5.74) is 1.70. The molecule has 2 amide bonds. The van der Waals surface area contributed by atoms with Gasteiger partial charge in [-0.25, -0.2) is 12.8 Å². The smallest absolute Gasteiger partial charge is 0.258 e. The van der Waals surface area contributed by atoms with E-state index < -0.39 is 38.8 Å². The predicted octanol–water partition coefficient (Wildman–Crippen LogP) is 2.79. The zero-order chi connectivity index (χ0) is 29.1. The number of methoxy groups -OCH3 is 1. The van der Waals surface area contributed by atoms with Gasteiger partial charge in [-0.1, -0.05) is 18.2 Å². The second-order valence-electron chi connectivity index (χ2n) is 9.84. The molecule has 0 radical (unpaired) electrons. The van der Waals surface area contributed by atoms with Crippen molar-refractivity contribution in [1.82, 2.24) is 14.9 Å². The van der Waals surface area contributed by atoms with Crippen molar-refractivity contribution in [3.05, 3.63) is 83.2 Å². The molecule has 10 nitrogen and oxygen atoms in total. The number of benzene rings is 3. The molecular formula is C29H30FN3O7S. The van der Waals surface area contributed by atoms with Crippen LogP contribution in [0.1, 0.15) is 27.9 Å². The quantitative estimate of drug-likeness (QED) is 0.486. The normalized spacial score (nSPS) is 20.1. The van der Waals surface area contributed by atoms with Crippen molar-refractivity contribution in [2.45, 2.75) is 36.9 Å². The van der Waals surface area contributed by atoms with Crippen molar-refractivity contribution >= 4 is 21.8 Å². The minimum absolute atomic E-state index is 0.0531. The molecule has 0 aromatic heterocycles. The summed E-state index contributed by atoms with van der Waals surface area (Å²) in [4.78, 5) is 25.4. The van der Waals surface area contributed by atoms with Crippen LogP contribution in [0.2, 0.25) is 0 Å². The number of fused-ring (bicyclic) bond motifs is 7. The fraction of sp³-hybridized carbons (Fsp3) is 0.310. The van der Waals surface area contributed by atoms with Crippen molar-refractivity contribution in [1.29, 1.82) is 0 Å². The van der Waals surface area contributed by atoms with Crippen LogP contribution in [0.5, 0.6) is 17.2 Å². The second kappa shape index (κ2) is 11.8. The number of halogens is 1. The number of carbonyl (C=O) groups excluding carboxylic acids is 2. The Morgan fingerprint density at radius 3 is 2.66 bits per heavy atom. The summed E-state index contributed by atoms with van der Waals surface area (Å²) >= 11 is 0. The van der Waals surface area contributed by atoms with E-state index in [2.05, 4.69) is 10.6 Å². The molecule has 0 spiro atoms. The molecule has 1 fully saturated rings. The summed E-state index contributed by atoms with van der Waals surface area (Å²) in [6.45, 7) is 1.64. The predicted molar refractivity (Wildman–Crippen MR) is 147 cm³/mol. The van der Waals surface area contributed by atoms with Gasteiger partial charge in [0, 0.05) is 43.2 Å². The third-order valence-corrected chi connectivity index (χ3v) is 9.01. The molecule has 0 aliphatic carbocycles. The minimum atomic E-state index is -4.19. The summed E-state index contributed by atoms with van der Waals surface area (Å²) in [5.74, 6) is -0.407. The molecule has 1 saturated heterocycles. The van der Waals surface area contributed by atoms with Crippen LogP contribution in [0.4, 0.5) is 4.39 Å². The fourth-order valence-electron chi connectivity index (χ4n) is 4.85. The molecule has 3 heterocycles. The van der Waals surface area contributed by atoms with Crippen molar-refractivity contribution in [3.8, 4) is 17.2 Å². The third-order valence-electron chi connectivity index (χ3n) is 7.11. The Kier molecular flexibility index (Phi) is 8.13. The lowest BCUT2D eigenvalue weighted by Gasteiger charge is -2.38. The standard InChI is InChI=1S/C29H30FN3O7S/c1-18-7-8-19-13-25(18)39-17-28(34)31-15-20-9-10-21(14-26(20)38-2)40-24-11-12-33(16-23(24)32-29(19)35)41(36,37)27-6-4-3-5-22(27)30/h3-10,13-14,23-24H,11-12,15-17H2,1-2H3,(H,31,34)(H,32,35)/t23-,24+/m0/s1. The van der Waals surface area contributed by atoms with Crippen LogP contribution in [0.3, 0.4) is 0 Å². The highest BCUT2D eigenvalue weighted by atomic mass is 32.2. The number of nitrogens with zero attached hydrogens (tertiary/aromatic N) is 1. The van der Waals surface area contributed by atoms with Crippen LogP contribution in [-0.4, -0.2) is 63.5 Å². The monoisotopic (exact) mass is 583 g/mol. The molecule has 3 aliphatic rings. The van der Waals surface area contributed by atoms with Gasteiger partial charge in [0.2, 0.25) is 10.0 Å². The van der Waals surface area contributed by atoms with E-state index in [9.17, 15) is 22.4 Å². The van der Waals surface area contributed by atoms with Gasteiger partial charge in [0.15, 0.2) is 6.61 Å². The Labute approximate surface area is 237 Å². The van der Waals surface area contributed by atoms with Crippen LogP contribution in [0.15, 0.2) is 65.6 Å². The molecule has 2 atom stereocenters. The number of hydrogen-bond acceptors (Lipinski definition) is 7. The Morgan fingerprint density at radius 1 is 1.07 bits per heavy atom. The lowest BCUT2D eigenvalue weighted by Crippen LogP contribution is -2.58. The number of nitrogens with one attached hydrogen (secondary N) is 2. The van der Waals surface area contributed by atoms with E-state index >= 15 is 0 Å². The van der Waals surface area contributed by atoms with Crippen LogP contribution >= 0.6 is 0 Å². The van der Waals surface area contributed by atoms with Crippen LogP contribution < -0.4 is 24.8 Å². The maximum atomic E-state index is 14.5. The van der Waals surface area contributed by atoms with E-state index in [1.807, 2.05) is 0 Å². The number of sulfonamides is 1. The fourth-order valence-corrected chi connectivity index (χ4v) is 6.39. The molecule has 3 aromatic carbocycles. The van der Waals surface area contributed by atoms with Gasteiger partial charge in [0.05, 0.1) is 13.2 Å². The van der Waals surface area contributed by atoms with E-state index in [-0.39, 0.29) is 44.1 Å². The zero-order valence-electron chi connectivity index (χ0n) is 22.6. The zero-order valence-corrected chi connectivity index (χ0v) is 23.4. The van der Waals surface area contributed by atoms with Crippen molar-refractivity contribution in [2.75, 3.05) is 26.8 Å². The first kappa shape index (κ1) is 28.4. The molecule has 0 saturated carbocycles. The number of hydrogen-bond donors (Lipinski definition) is 2. The topological polar surface area (TPSA) is 123 Å². The van der Waals surface area contributed by atoms with Crippen molar-refractivity contribution in [2.24, 2.45) is 0 Å². The number of carbonyl (C=O) groups is 2. The average Bonchev–Trinajstić information content (AvgIpc) is 2.96. The lowest BCUT2D eigenvalue weighted by molar-refractivity contribution is -0.123. The van der Waals surface area contributed by atoms with Gasteiger partial charge in [-0.3, -0.25) is 9.59 Å². The molecule has 4 bridgehead atoms. The first-order valence-corrected chi connectivity index (χ1v) is 14.5. The molecule has 12 heteroatoms. The van der Waals surface area contributed by atoms with Gasteiger partial charge in [0.1, 0.15) is 34.1 Å². The molecule has 3 aliphatic heterocycles. The first-order valence-electron chi connectivity index (χ1n) is 13.0. The summed E-state index contributed by atoms with van der Waals surface area (Å²) in [6, 6.07) is 14.4. The van der Waals surface area contributed by atoms with E-state index in [0.29, 0.717) is 22.8 Å². The Morgan fingerprint density at radius 2 is 1.88 bits per heavy atom. The minimum Gasteiger partial charge on any atom is -0.496 e. The van der Waals surface area contributed by atoms with E-state index in [1.54, 1.807) is 37.3 Å². The summed E-state index contributed by atoms with van der Waals surface area (Å²) in [7, 11) is -2.69. The van der Waals surface area contributed by atoms with E-state index in [1.165, 1.54) is 31.4 Å². The molecule has 2 N–H and O–H groups in total. The van der Waals surface area contributed by atoms with Gasteiger partial charge in [-0.05, 0) is 48.9 Å². The Hall–Kier alpha value is -4.16. The summed E-state index contributed by atoms with van der Waals surface area (Å²) in [6.07, 6.45) is -0.390. The highest BCUT2D eigenvalue weighted by Crippen LogP contribution is 2.30. The van der Waals surface area contributed by atoms with Crippen molar-refractivity contribution in [3.63, 3.8) is 0 Å². The highest BCUT2D eigenvalue weighted by Gasteiger charge is 2.39. The highest BCUT2D eigenvalue weighted by molar-refractivity contribution is 7.89.